The molecule has 0 rings (SSSR count). The molecule has 0 aromatic carbocycles. The van der Waals surface area contributed by atoms with E-state index in [9.17, 15) is 19.0 Å². The Hall–Kier alpha value is -3.07. The van der Waals surface area contributed by atoms with Gasteiger partial charge in [-0.15, -0.1) is 0 Å². The van der Waals surface area contributed by atoms with E-state index in [-0.39, 0.29) is 32.0 Å². The van der Waals surface area contributed by atoms with Gasteiger partial charge in [0.25, 0.3) is 0 Å². The summed E-state index contributed by atoms with van der Waals surface area (Å²) in [7, 11) is 1.46. The molecule has 0 radical (unpaired) electrons. The maximum absolute atomic E-state index is 12.9. The van der Waals surface area contributed by atoms with Crippen molar-refractivity contribution in [2.75, 3.05) is 47.5 Å². The fourth-order valence-corrected chi connectivity index (χ4v) is 10.2. The largest absolute Gasteiger partial charge is 0.472 e. The molecule has 0 saturated heterocycles. The molecule has 0 spiro atoms. The third-order valence-electron chi connectivity index (χ3n) is 14.6. The van der Waals surface area contributed by atoms with Crippen LogP contribution in [0, 0.1) is 0 Å². The molecule has 10 heteroatoms. The normalized spacial score (nSPS) is 13.8. The lowest BCUT2D eigenvalue weighted by Crippen LogP contribution is -2.37. The molecule has 0 aliphatic carbocycles. The molecule has 0 aromatic rings. The number of phosphoric acid groups is 1. The number of rotatable bonds is 62. The second kappa shape index (κ2) is 62.5. The number of esters is 2. The minimum absolute atomic E-state index is 0.0253. The number of allylic oxidation sites excluding steroid dienone is 16. The molecule has 0 aromatic heterocycles. The summed E-state index contributed by atoms with van der Waals surface area (Å²) < 4.78 is 34.7. The molecule has 0 aliphatic heterocycles. The van der Waals surface area contributed by atoms with Gasteiger partial charge >= 0.3 is 19.8 Å². The predicted octanol–water partition coefficient (Wildman–Crippen LogP) is 21.9. The lowest BCUT2D eigenvalue weighted by Gasteiger charge is -2.24. The predicted molar refractivity (Wildman–Crippen MR) is 353 cm³/mol. The summed E-state index contributed by atoms with van der Waals surface area (Å²) in [6.07, 6.45) is 86.5. The summed E-state index contributed by atoms with van der Waals surface area (Å²) in [4.78, 5) is 35.8. The molecule has 0 heterocycles. The van der Waals surface area contributed by atoms with Crippen molar-refractivity contribution in [3.63, 3.8) is 0 Å². The Bertz CT molecular complexity index is 1710. The maximum atomic E-state index is 12.9. The van der Waals surface area contributed by atoms with E-state index in [0.29, 0.717) is 17.4 Å². The lowest BCUT2D eigenvalue weighted by atomic mass is 10.0. The van der Waals surface area contributed by atoms with Crippen LogP contribution in [0.3, 0.4) is 0 Å². The van der Waals surface area contributed by atoms with E-state index in [0.717, 1.165) is 109 Å². The Kier molecular flexibility index (Phi) is 60.1. The first kappa shape index (κ1) is 78.9. The highest BCUT2D eigenvalue weighted by Gasteiger charge is 2.27. The molecule has 0 amide bonds. The Balaban J connectivity index is 4.13. The van der Waals surface area contributed by atoms with E-state index in [1.807, 2.05) is 21.1 Å². The van der Waals surface area contributed by atoms with Crippen LogP contribution in [-0.2, 0) is 32.7 Å². The Labute approximate surface area is 506 Å². The Morgan fingerprint density at radius 3 is 1.04 bits per heavy atom. The van der Waals surface area contributed by atoms with Crippen molar-refractivity contribution in [1.29, 1.82) is 0 Å². The van der Waals surface area contributed by atoms with Crippen LogP contribution in [0.2, 0.25) is 0 Å². The minimum atomic E-state index is -4.40. The maximum Gasteiger partial charge on any atom is 0.472 e. The molecule has 82 heavy (non-hydrogen) atoms. The second-order valence-electron chi connectivity index (χ2n) is 23.8. The summed E-state index contributed by atoms with van der Waals surface area (Å²) in [5, 5.41) is 0. The molecule has 2 atom stereocenters. The molecular weight excluding hydrogens is 1040 g/mol. The number of carbonyl (C=O) groups is 2. The third-order valence-corrected chi connectivity index (χ3v) is 15.6. The summed E-state index contributed by atoms with van der Waals surface area (Å²) >= 11 is 0. The first-order chi connectivity index (χ1) is 40.0. The number of carbonyl (C=O) groups excluding carboxylic acids is 2. The van der Waals surface area contributed by atoms with Crippen molar-refractivity contribution in [2.45, 2.75) is 302 Å². The van der Waals surface area contributed by atoms with Crippen LogP contribution in [0.15, 0.2) is 97.2 Å². The fraction of sp³-hybridized carbons (Fsp3) is 0.750. The highest BCUT2D eigenvalue weighted by atomic mass is 31.2. The van der Waals surface area contributed by atoms with Gasteiger partial charge in [-0.2, -0.15) is 0 Å². The minimum Gasteiger partial charge on any atom is -0.462 e. The molecular formula is C72H129NO8P+. The Morgan fingerprint density at radius 2 is 0.695 bits per heavy atom. The van der Waals surface area contributed by atoms with E-state index in [1.54, 1.807) is 0 Å². The van der Waals surface area contributed by atoms with Crippen LogP contribution in [0.5, 0.6) is 0 Å². The lowest BCUT2D eigenvalue weighted by molar-refractivity contribution is -0.870. The van der Waals surface area contributed by atoms with Crippen molar-refractivity contribution >= 4 is 19.8 Å². The Morgan fingerprint density at radius 1 is 0.390 bits per heavy atom. The van der Waals surface area contributed by atoms with E-state index in [1.165, 1.54) is 154 Å². The van der Waals surface area contributed by atoms with E-state index in [4.69, 9.17) is 18.5 Å². The van der Waals surface area contributed by atoms with Gasteiger partial charge in [0.15, 0.2) is 6.10 Å². The standard InChI is InChI=1S/C72H128NO8P/c1-6-8-10-12-14-16-18-20-22-24-26-28-30-32-34-35-36-37-39-41-43-45-47-49-51-53-55-57-59-61-63-65-72(75)81-70(69-80-82(76,77)79-67-66-73(3,4)5)68-78-71(74)64-62-60-58-56-54-52-50-48-46-44-42-40-38-33-31-29-27-25-23-21-19-17-15-13-11-9-7-2/h8,10,14,16,20,22,26,28,32,34,36-37,41,43,47,49,70H,6-7,9,11-13,15,17-19,21,23-25,27,29-31,33,35,38-40,42,44-46,48,50-69H2,1-5H3/p+1/b10-8-,16-14-,22-20-,28-26-,34-32-,37-36-,43-41-,49-47-. The van der Waals surface area contributed by atoms with Gasteiger partial charge in [0.05, 0.1) is 27.7 Å². The molecule has 0 fully saturated rings. The zero-order valence-electron chi connectivity index (χ0n) is 54.0. The van der Waals surface area contributed by atoms with Crippen LogP contribution < -0.4 is 0 Å². The van der Waals surface area contributed by atoms with E-state index in [2.05, 4.69) is 111 Å². The van der Waals surface area contributed by atoms with Crippen molar-refractivity contribution in [3.05, 3.63) is 97.2 Å². The van der Waals surface area contributed by atoms with Crippen LogP contribution in [0.25, 0.3) is 0 Å². The molecule has 0 saturated carbocycles. The van der Waals surface area contributed by atoms with Gasteiger partial charge in [0.2, 0.25) is 0 Å². The fourth-order valence-electron chi connectivity index (χ4n) is 9.45. The molecule has 0 aliphatic rings. The quantitative estimate of drug-likeness (QED) is 0.0211. The average molecular weight is 1170 g/mol. The van der Waals surface area contributed by atoms with Gasteiger partial charge in [-0.05, 0) is 77.0 Å². The first-order valence-electron chi connectivity index (χ1n) is 34.0. The van der Waals surface area contributed by atoms with Crippen LogP contribution in [0.1, 0.15) is 296 Å². The number of quaternary nitrogens is 1. The topological polar surface area (TPSA) is 108 Å². The second-order valence-corrected chi connectivity index (χ2v) is 25.3. The summed E-state index contributed by atoms with van der Waals surface area (Å²) in [6.45, 7) is 4.33. The van der Waals surface area contributed by atoms with Crippen molar-refractivity contribution < 1.29 is 42.1 Å². The number of nitrogens with zero attached hydrogens (tertiary/aromatic N) is 1. The zero-order chi connectivity index (χ0) is 59.8. The van der Waals surface area contributed by atoms with Crippen molar-refractivity contribution in [1.82, 2.24) is 0 Å². The summed E-state index contributed by atoms with van der Waals surface area (Å²) in [6, 6.07) is 0. The molecule has 0 bridgehead atoms. The smallest absolute Gasteiger partial charge is 0.462 e. The van der Waals surface area contributed by atoms with Gasteiger partial charge in [-0.25, -0.2) is 4.57 Å². The van der Waals surface area contributed by atoms with E-state index < -0.39 is 26.5 Å². The van der Waals surface area contributed by atoms with Gasteiger partial charge in [-0.3, -0.25) is 18.6 Å². The monoisotopic (exact) mass is 1170 g/mol. The van der Waals surface area contributed by atoms with Crippen LogP contribution in [0.4, 0.5) is 0 Å². The number of likely N-dealkylation sites (N-methyl/N-ethyl adjacent to an activating group) is 1. The molecule has 2 unspecified atom stereocenters. The van der Waals surface area contributed by atoms with Gasteiger partial charge in [0, 0.05) is 12.8 Å². The van der Waals surface area contributed by atoms with Gasteiger partial charge in [-0.1, -0.05) is 304 Å². The number of hydrogen-bond acceptors (Lipinski definition) is 7. The van der Waals surface area contributed by atoms with E-state index >= 15 is 0 Å². The molecule has 1 N–H and O–H groups in total. The molecule has 9 nitrogen and oxygen atoms in total. The number of ether oxygens (including phenoxy) is 2. The summed E-state index contributed by atoms with van der Waals surface area (Å²) in [5.41, 5.74) is 0. The zero-order valence-corrected chi connectivity index (χ0v) is 54.8. The highest BCUT2D eigenvalue weighted by Crippen LogP contribution is 2.43. The highest BCUT2D eigenvalue weighted by molar-refractivity contribution is 7.47. The summed E-state index contributed by atoms with van der Waals surface area (Å²) in [5.74, 6) is -0.808. The van der Waals surface area contributed by atoms with Crippen molar-refractivity contribution in [2.24, 2.45) is 0 Å². The number of hydrogen-bond donors (Lipinski definition) is 1. The van der Waals surface area contributed by atoms with Crippen LogP contribution >= 0.6 is 7.82 Å². The van der Waals surface area contributed by atoms with Crippen LogP contribution in [-0.4, -0.2) is 74.9 Å². The molecule has 474 valence electrons. The van der Waals surface area contributed by atoms with Gasteiger partial charge in [0.1, 0.15) is 19.8 Å². The SMILES string of the molecule is CC/C=C\C/C=C\C/C=C\C/C=C\C/C=C\C/C=C\C/C=C\C/C=C\CCCCCCCCC(=O)OC(COC(=O)CCCCCCCCCCCCCCCCCCCCCCCCCCCCC)COP(=O)(O)OCC[N+](C)(C)C. The average Bonchev–Trinajstić information content (AvgIpc) is 3.46. The van der Waals surface area contributed by atoms with Gasteiger partial charge < -0.3 is 18.9 Å². The third kappa shape index (κ3) is 66.1. The number of unbranched alkanes of at least 4 members (excludes halogenated alkanes) is 32. The van der Waals surface area contributed by atoms with Crippen molar-refractivity contribution in [3.8, 4) is 0 Å². The first-order valence-corrected chi connectivity index (χ1v) is 35.5. The number of phosphoric ester groups is 1.